The topological polar surface area (TPSA) is 124 Å². The molecule has 178 valence electrons. The highest BCUT2D eigenvalue weighted by Crippen LogP contribution is 2.58. The van der Waals surface area contributed by atoms with Crippen LogP contribution in [0.5, 0.6) is 5.88 Å². The average molecular weight is 496 g/mol. The molecule has 4 heterocycles. The lowest BCUT2D eigenvalue weighted by atomic mass is 9.86. The molecule has 3 aromatic heterocycles. The fourth-order valence-electron chi connectivity index (χ4n) is 4.35. The molecule has 1 saturated carbocycles. The van der Waals surface area contributed by atoms with E-state index in [0.717, 1.165) is 6.42 Å². The van der Waals surface area contributed by atoms with Crippen LogP contribution in [0.1, 0.15) is 17.9 Å². The van der Waals surface area contributed by atoms with Crippen LogP contribution < -0.4 is 15.8 Å². The van der Waals surface area contributed by atoms with E-state index < -0.39 is 18.0 Å². The number of anilines is 2. The van der Waals surface area contributed by atoms with E-state index in [1.54, 1.807) is 24.4 Å². The molecule has 1 aliphatic heterocycles. The lowest BCUT2D eigenvalue weighted by Gasteiger charge is -2.31. The van der Waals surface area contributed by atoms with Crippen molar-refractivity contribution >= 4 is 39.5 Å². The molecular formula is C23H19F2N7O2S. The van der Waals surface area contributed by atoms with Gasteiger partial charge in [-0.3, -0.25) is 0 Å². The molecule has 1 fully saturated rings. The Morgan fingerprint density at radius 3 is 2.97 bits per heavy atom. The number of thioether (sulfide) groups is 1. The quantitative estimate of drug-likeness (QED) is 0.390. The van der Waals surface area contributed by atoms with Crippen LogP contribution in [0.4, 0.5) is 20.3 Å². The first-order chi connectivity index (χ1) is 17.1. The molecule has 0 bridgehead atoms. The largest absolute Gasteiger partial charge is 0.467 e. The minimum Gasteiger partial charge on any atom is -0.467 e. The highest BCUT2D eigenvalue weighted by molar-refractivity contribution is 8.14. The van der Waals surface area contributed by atoms with E-state index in [1.807, 2.05) is 0 Å². The van der Waals surface area contributed by atoms with Gasteiger partial charge in [0.2, 0.25) is 11.8 Å². The monoisotopic (exact) mass is 495 g/mol. The summed E-state index contributed by atoms with van der Waals surface area (Å²) in [5.74, 6) is 0.507. The predicted octanol–water partition coefficient (Wildman–Crippen LogP) is 4.09. The summed E-state index contributed by atoms with van der Waals surface area (Å²) in [5.41, 5.74) is 6.34. The number of hydrogen-bond acceptors (Lipinski definition) is 10. The number of nitrogens with zero attached hydrogens (tertiary/aromatic N) is 5. The zero-order chi connectivity index (χ0) is 24.0. The number of amidine groups is 1. The summed E-state index contributed by atoms with van der Waals surface area (Å²) in [6.45, 7) is -0.713. The van der Waals surface area contributed by atoms with Crippen molar-refractivity contribution in [2.45, 2.75) is 23.8 Å². The Labute approximate surface area is 202 Å². The predicted molar refractivity (Wildman–Crippen MR) is 127 cm³/mol. The summed E-state index contributed by atoms with van der Waals surface area (Å²) >= 11 is 1.42. The second kappa shape index (κ2) is 8.45. The van der Waals surface area contributed by atoms with Crippen LogP contribution in [-0.2, 0) is 12.1 Å². The van der Waals surface area contributed by atoms with Gasteiger partial charge in [0.1, 0.15) is 29.8 Å². The van der Waals surface area contributed by atoms with Crippen molar-refractivity contribution in [1.29, 1.82) is 0 Å². The first-order valence-electron chi connectivity index (χ1n) is 10.8. The Morgan fingerprint density at radius 2 is 2.14 bits per heavy atom. The van der Waals surface area contributed by atoms with Gasteiger partial charge in [0.25, 0.3) is 0 Å². The second-order valence-corrected chi connectivity index (χ2v) is 9.54. The fraction of sp³-hybridized carbons (Fsp3) is 0.261. The standard InChI is InChI=1S/C23H19F2N7O2S/c24-11-23(14-8-17(14)35-22(26)32-23)13-7-12(1-2-15(13)25)30-21-20-16(3-4-28-21)31-18(9-29-20)34-10-19-27-5-6-33-19/h1-7,9,14,17H,8,10-11H2,(H2,26,32)(H,28,30)/t14?,17-,23+/m0/s1. The average Bonchev–Trinajstić information content (AvgIpc) is 3.46. The lowest BCUT2D eigenvalue weighted by molar-refractivity contribution is 0.253. The molecule has 0 radical (unpaired) electrons. The summed E-state index contributed by atoms with van der Waals surface area (Å²) in [7, 11) is 0. The zero-order valence-corrected chi connectivity index (χ0v) is 19.0. The smallest absolute Gasteiger partial charge is 0.233 e. The maximum atomic E-state index is 14.9. The summed E-state index contributed by atoms with van der Waals surface area (Å²) < 4.78 is 40.1. The van der Waals surface area contributed by atoms with Gasteiger partial charge < -0.3 is 20.2 Å². The Hall–Kier alpha value is -3.80. The summed E-state index contributed by atoms with van der Waals surface area (Å²) in [6, 6.07) is 6.12. The number of benzene rings is 1. The Morgan fingerprint density at radius 1 is 1.23 bits per heavy atom. The molecule has 3 N–H and O–H groups in total. The highest BCUT2D eigenvalue weighted by atomic mass is 32.2. The van der Waals surface area contributed by atoms with Gasteiger partial charge in [-0.15, -0.1) is 0 Å². The van der Waals surface area contributed by atoms with Crippen LogP contribution in [0.15, 0.2) is 58.5 Å². The molecule has 0 spiro atoms. The van der Waals surface area contributed by atoms with Gasteiger partial charge in [-0.2, -0.15) is 0 Å². The first kappa shape index (κ1) is 21.7. The van der Waals surface area contributed by atoms with Crippen molar-refractivity contribution in [3.63, 3.8) is 0 Å². The number of nitrogens with two attached hydrogens (primary N) is 1. The van der Waals surface area contributed by atoms with E-state index in [2.05, 4.69) is 30.2 Å². The van der Waals surface area contributed by atoms with Crippen molar-refractivity contribution in [2.24, 2.45) is 16.6 Å². The minimum atomic E-state index is -1.32. The second-order valence-electron chi connectivity index (χ2n) is 8.28. The molecule has 4 aromatic rings. The van der Waals surface area contributed by atoms with Gasteiger partial charge in [-0.05, 0) is 30.7 Å². The van der Waals surface area contributed by atoms with E-state index in [0.29, 0.717) is 34.3 Å². The summed E-state index contributed by atoms with van der Waals surface area (Å²) in [4.78, 5) is 21.6. The summed E-state index contributed by atoms with van der Waals surface area (Å²) in [5, 5.41) is 3.60. The van der Waals surface area contributed by atoms with E-state index >= 15 is 0 Å². The van der Waals surface area contributed by atoms with E-state index in [1.165, 1.54) is 36.5 Å². The molecule has 1 unspecified atom stereocenters. The van der Waals surface area contributed by atoms with E-state index in [-0.39, 0.29) is 28.5 Å². The van der Waals surface area contributed by atoms with Gasteiger partial charge in [0.05, 0.1) is 17.9 Å². The van der Waals surface area contributed by atoms with Gasteiger partial charge in [-0.25, -0.2) is 33.7 Å². The SMILES string of the molecule is NC1=N[C@](CF)(c2cc(Nc3nccc4nc(OCc5ncco5)cnc34)ccc2F)C2C[C@@H]2S1. The number of fused-ring (bicyclic) bond motifs is 2. The van der Waals surface area contributed by atoms with Crippen molar-refractivity contribution < 1.29 is 17.9 Å². The maximum Gasteiger partial charge on any atom is 0.233 e. The Kier molecular flexibility index (Phi) is 5.24. The van der Waals surface area contributed by atoms with Crippen LogP contribution in [0, 0.1) is 11.7 Å². The number of oxazole rings is 1. The van der Waals surface area contributed by atoms with Crippen LogP contribution in [0.3, 0.4) is 0 Å². The van der Waals surface area contributed by atoms with Crippen molar-refractivity contribution in [3.05, 3.63) is 66.4 Å². The van der Waals surface area contributed by atoms with Gasteiger partial charge in [-0.1, -0.05) is 11.8 Å². The molecule has 9 nitrogen and oxygen atoms in total. The van der Waals surface area contributed by atoms with Crippen molar-refractivity contribution in [2.75, 3.05) is 12.0 Å². The molecule has 6 rings (SSSR count). The van der Waals surface area contributed by atoms with Crippen LogP contribution in [0.25, 0.3) is 11.0 Å². The molecule has 0 saturated heterocycles. The van der Waals surface area contributed by atoms with Crippen LogP contribution >= 0.6 is 11.8 Å². The number of hydrogen-bond donors (Lipinski definition) is 2. The van der Waals surface area contributed by atoms with Gasteiger partial charge in [0, 0.05) is 28.6 Å². The first-order valence-corrected chi connectivity index (χ1v) is 11.7. The molecule has 2 aliphatic rings. The Balaban J connectivity index is 1.30. The number of nitrogens with one attached hydrogen (secondary N) is 1. The molecule has 1 aromatic carbocycles. The van der Waals surface area contributed by atoms with E-state index in [9.17, 15) is 8.78 Å². The number of halogens is 2. The number of aromatic nitrogens is 4. The molecule has 12 heteroatoms. The van der Waals surface area contributed by atoms with Crippen molar-refractivity contribution in [1.82, 2.24) is 19.9 Å². The Bertz CT molecular complexity index is 1430. The minimum absolute atomic E-state index is 0.0918. The van der Waals surface area contributed by atoms with Crippen LogP contribution in [-0.4, -0.2) is 37.0 Å². The molecule has 3 atom stereocenters. The number of ether oxygens (including phenoxy) is 1. The van der Waals surface area contributed by atoms with E-state index in [4.69, 9.17) is 14.9 Å². The number of rotatable bonds is 7. The zero-order valence-electron chi connectivity index (χ0n) is 18.2. The highest BCUT2D eigenvalue weighted by Gasteiger charge is 2.58. The van der Waals surface area contributed by atoms with Crippen LogP contribution in [0.2, 0.25) is 0 Å². The molecule has 35 heavy (non-hydrogen) atoms. The number of aliphatic imine (C=N–C) groups is 1. The number of pyridine rings is 1. The molecule has 0 amide bonds. The maximum absolute atomic E-state index is 14.9. The fourth-order valence-corrected chi connectivity index (χ4v) is 5.57. The molecular weight excluding hydrogens is 476 g/mol. The molecule has 1 aliphatic carbocycles. The third-order valence-electron chi connectivity index (χ3n) is 6.09. The lowest BCUT2D eigenvalue weighted by Crippen LogP contribution is -2.36. The summed E-state index contributed by atoms with van der Waals surface area (Å²) in [6.07, 6.45) is 6.78. The van der Waals surface area contributed by atoms with Crippen molar-refractivity contribution in [3.8, 4) is 5.88 Å². The number of alkyl halides is 1. The third kappa shape index (κ3) is 3.93. The van der Waals surface area contributed by atoms with Gasteiger partial charge in [0.15, 0.2) is 17.6 Å². The normalized spacial score (nSPS) is 23.0. The van der Waals surface area contributed by atoms with Gasteiger partial charge >= 0.3 is 0 Å². The third-order valence-corrected chi connectivity index (χ3v) is 7.25.